The maximum Gasteiger partial charge on any atom is 0.306 e. The van der Waals surface area contributed by atoms with E-state index < -0.39 is 30.1 Å². The molecule has 0 saturated heterocycles. The molecule has 1 amide bonds. The first-order valence-electron chi connectivity index (χ1n) is 7.44. The quantitative estimate of drug-likeness (QED) is 0.617. The molecular formula is C18H15F2NO4. The summed E-state index contributed by atoms with van der Waals surface area (Å²) in [5, 5.41) is 2.38. The number of hydrogen-bond acceptors (Lipinski definition) is 4. The Kier molecular flexibility index (Phi) is 6.33. The van der Waals surface area contributed by atoms with Gasteiger partial charge in [-0.3, -0.25) is 14.4 Å². The number of rotatable bonds is 7. The second-order valence-corrected chi connectivity index (χ2v) is 5.15. The van der Waals surface area contributed by atoms with Crippen molar-refractivity contribution >= 4 is 23.3 Å². The molecular weight excluding hydrogens is 332 g/mol. The molecule has 7 heteroatoms. The zero-order chi connectivity index (χ0) is 18.2. The Labute approximate surface area is 142 Å². The van der Waals surface area contributed by atoms with E-state index in [4.69, 9.17) is 4.74 Å². The molecule has 0 unspecified atom stereocenters. The first-order chi connectivity index (χ1) is 11.9. The number of ketones is 1. The first-order valence-corrected chi connectivity index (χ1v) is 7.44. The molecule has 2 rings (SSSR count). The van der Waals surface area contributed by atoms with E-state index in [0.717, 1.165) is 18.2 Å². The van der Waals surface area contributed by atoms with Gasteiger partial charge in [0, 0.05) is 17.7 Å². The van der Waals surface area contributed by atoms with Crippen LogP contribution < -0.4 is 5.32 Å². The Morgan fingerprint density at radius 2 is 1.64 bits per heavy atom. The summed E-state index contributed by atoms with van der Waals surface area (Å²) < 4.78 is 30.5. The Bertz CT molecular complexity index is 775. The van der Waals surface area contributed by atoms with Crippen LogP contribution in [-0.2, 0) is 14.3 Å². The highest BCUT2D eigenvalue weighted by molar-refractivity contribution is 5.97. The van der Waals surface area contributed by atoms with Gasteiger partial charge in [-0.15, -0.1) is 0 Å². The minimum Gasteiger partial charge on any atom is -0.456 e. The van der Waals surface area contributed by atoms with Crippen LogP contribution in [-0.4, -0.2) is 24.3 Å². The van der Waals surface area contributed by atoms with Gasteiger partial charge in [-0.1, -0.05) is 6.07 Å². The van der Waals surface area contributed by atoms with Crippen molar-refractivity contribution in [3.8, 4) is 0 Å². The topological polar surface area (TPSA) is 72.5 Å². The predicted molar refractivity (Wildman–Crippen MR) is 86.0 cm³/mol. The standard InChI is InChI=1S/C18H15F2NO4/c19-13-6-4-12(5-7-13)16(22)8-9-18(24)25-11-17(23)21-15-3-1-2-14(20)10-15/h1-7,10H,8-9,11H2,(H,21,23). The molecule has 0 aliphatic carbocycles. The van der Waals surface area contributed by atoms with Crippen molar-refractivity contribution in [3.05, 3.63) is 65.7 Å². The maximum absolute atomic E-state index is 13.0. The summed E-state index contributed by atoms with van der Waals surface area (Å²) in [4.78, 5) is 35.0. The molecule has 0 saturated carbocycles. The number of nitrogens with one attached hydrogen (secondary N) is 1. The third-order valence-electron chi connectivity index (χ3n) is 3.20. The summed E-state index contributed by atoms with van der Waals surface area (Å²) in [6, 6.07) is 10.2. The van der Waals surface area contributed by atoms with E-state index in [0.29, 0.717) is 0 Å². The van der Waals surface area contributed by atoms with Gasteiger partial charge in [0.1, 0.15) is 11.6 Å². The monoisotopic (exact) mass is 347 g/mol. The average Bonchev–Trinajstić information content (AvgIpc) is 2.58. The molecule has 0 radical (unpaired) electrons. The minimum atomic E-state index is -0.718. The number of carbonyl (C=O) groups excluding carboxylic acids is 3. The van der Waals surface area contributed by atoms with Crippen molar-refractivity contribution in [3.63, 3.8) is 0 Å². The van der Waals surface area contributed by atoms with Crippen LogP contribution >= 0.6 is 0 Å². The first kappa shape index (κ1) is 18.3. The molecule has 0 aromatic heterocycles. The van der Waals surface area contributed by atoms with Crippen LogP contribution in [0.1, 0.15) is 23.2 Å². The van der Waals surface area contributed by atoms with Crippen molar-refractivity contribution in [2.24, 2.45) is 0 Å². The van der Waals surface area contributed by atoms with Crippen LogP contribution in [0.2, 0.25) is 0 Å². The number of benzene rings is 2. The maximum atomic E-state index is 13.0. The minimum absolute atomic E-state index is 0.115. The van der Waals surface area contributed by atoms with E-state index in [9.17, 15) is 23.2 Å². The SMILES string of the molecule is O=C(COC(=O)CCC(=O)c1ccc(F)cc1)Nc1cccc(F)c1. The summed E-state index contributed by atoms with van der Waals surface area (Å²) in [7, 11) is 0. The number of carbonyl (C=O) groups is 3. The number of amides is 1. The van der Waals surface area contributed by atoms with Gasteiger partial charge < -0.3 is 10.1 Å². The molecule has 1 N–H and O–H groups in total. The highest BCUT2D eigenvalue weighted by Crippen LogP contribution is 2.10. The fourth-order valence-electron chi connectivity index (χ4n) is 1.98. The van der Waals surface area contributed by atoms with Gasteiger partial charge >= 0.3 is 5.97 Å². The van der Waals surface area contributed by atoms with Gasteiger partial charge in [-0.25, -0.2) is 8.78 Å². The van der Waals surface area contributed by atoms with Crippen LogP contribution in [0.4, 0.5) is 14.5 Å². The summed E-state index contributed by atoms with van der Waals surface area (Å²) >= 11 is 0. The summed E-state index contributed by atoms with van der Waals surface area (Å²) in [5.74, 6) is -2.64. The van der Waals surface area contributed by atoms with Gasteiger partial charge in [0.15, 0.2) is 12.4 Å². The van der Waals surface area contributed by atoms with Crippen LogP contribution in [0, 0.1) is 11.6 Å². The third kappa shape index (κ3) is 6.14. The Morgan fingerprint density at radius 1 is 0.920 bits per heavy atom. The number of ether oxygens (including phenoxy) is 1. The average molecular weight is 347 g/mol. The molecule has 0 fully saturated rings. The molecule has 0 atom stereocenters. The van der Waals surface area contributed by atoms with Crippen LogP contribution in [0.5, 0.6) is 0 Å². The van der Waals surface area contributed by atoms with Crippen LogP contribution in [0.25, 0.3) is 0 Å². The number of anilines is 1. The van der Waals surface area contributed by atoms with E-state index in [-0.39, 0.29) is 29.9 Å². The smallest absolute Gasteiger partial charge is 0.306 e. The van der Waals surface area contributed by atoms with Gasteiger partial charge in [0.25, 0.3) is 5.91 Å². The molecule has 0 spiro atoms. The summed E-state index contributed by atoms with van der Waals surface area (Å²) in [6.07, 6.45) is -0.320. The van der Waals surface area contributed by atoms with E-state index in [1.807, 2.05) is 0 Å². The highest BCUT2D eigenvalue weighted by atomic mass is 19.1. The Morgan fingerprint density at radius 3 is 2.32 bits per heavy atom. The lowest BCUT2D eigenvalue weighted by Crippen LogP contribution is -2.21. The zero-order valence-corrected chi connectivity index (χ0v) is 13.1. The molecule has 2 aromatic carbocycles. The van der Waals surface area contributed by atoms with Gasteiger partial charge in [-0.2, -0.15) is 0 Å². The van der Waals surface area contributed by atoms with E-state index in [1.54, 1.807) is 0 Å². The molecule has 130 valence electrons. The highest BCUT2D eigenvalue weighted by Gasteiger charge is 2.12. The number of Topliss-reactive ketones (excluding diaryl/α,β-unsaturated/α-hetero) is 1. The molecule has 0 heterocycles. The van der Waals surface area contributed by atoms with Crippen molar-refractivity contribution in [2.45, 2.75) is 12.8 Å². The van der Waals surface area contributed by atoms with E-state index in [2.05, 4.69) is 5.32 Å². The normalized spacial score (nSPS) is 10.2. The van der Waals surface area contributed by atoms with Crippen LogP contribution in [0.3, 0.4) is 0 Å². The van der Waals surface area contributed by atoms with E-state index in [1.165, 1.54) is 30.3 Å². The lowest BCUT2D eigenvalue weighted by Gasteiger charge is -2.06. The molecule has 0 aliphatic rings. The van der Waals surface area contributed by atoms with E-state index >= 15 is 0 Å². The fraction of sp³-hybridized carbons (Fsp3) is 0.167. The van der Waals surface area contributed by atoms with Crippen molar-refractivity contribution < 1.29 is 27.9 Å². The van der Waals surface area contributed by atoms with Gasteiger partial charge in [0.05, 0.1) is 6.42 Å². The molecule has 0 bridgehead atoms. The van der Waals surface area contributed by atoms with Crippen molar-refractivity contribution in [1.29, 1.82) is 0 Å². The van der Waals surface area contributed by atoms with Crippen molar-refractivity contribution in [2.75, 3.05) is 11.9 Å². The predicted octanol–water partition coefficient (Wildman–Crippen LogP) is 3.11. The lowest BCUT2D eigenvalue weighted by molar-refractivity contribution is -0.147. The lowest BCUT2D eigenvalue weighted by atomic mass is 10.1. The molecule has 2 aromatic rings. The summed E-state index contributed by atoms with van der Waals surface area (Å²) in [6.45, 7) is -0.542. The second kappa shape index (κ2) is 8.68. The fourth-order valence-corrected chi connectivity index (χ4v) is 1.98. The molecule has 0 aliphatic heterocycles. The Balaban J connectivity index is 1.72. The number of esters is 1. The number of hydrogen-bond donors (Lipinski definition) is 1. The van der Waals surface area contributed by atoms with Crippen LogP contribution in [0.15, 0.2) is 48.5 Å². The van der Waals surface area contributed by atoms with Gasteiger partial charge in [0.2, 0.25) is 0 Å². The zero-order valence-electron chi connectivity index (χ0n) is 13.1. The molecule has 25 heavy (non-hydrogen) atoms. The molecule has 5 nitrogen and oxygen atoms in total. The second-order valence-electron chi connectivity index (χ2n) is 5.15. The third-order valence-corrected chi connectivity index (χ3v) is 3.20. The van der Waals surface area contributed by atoms with Crippen molar-refractivity contribution in [1.82, 2.24) is 0 Å². The number of halogens is 2. The summed E-state index contributed by atoms with van der Waals surface area (Å²) in [5.41, 5.74) is 0.533. The van der Waals surface area contributed by atoms with Gasteiger partial charge in [-0.05, 0) is 42.5 Å². The Hall–Kier alpha value is -3.09. The largest absolute Gasteiger partial charge is 0.456 e.